The van der Waals surface area contributed by atoms with Gasteiger partial charge in [0.2, 0.25) is 5.13 Å². The number of benzene rings is 1. The summed E-state index contributed by atoms with van der Waals surface area (Å²) in [6.45, 7) is 7.63. The molecule has 0 unspecified atom stereocenters. The largest absolute Gasteiger partial charge is 0.296 e. The maximum atomic E-state index is 12.2. The van der Waals surface area contributed by atoms with Gasteiger partial charge in [-0.3, -0.25) is 20.2 Å². The molecule has 7 nitrogen and oxygen atoms in total. The highest BCUT2D eigenvalue weighted by Gasteiger charge is 2.21. The molecule has 8 heteroatoms. The van der Waals surface area contributed by atoms with Crippen molar-refractivity contribution in [2.45, 2.75) is 33.1 Å². The third-order valence-electron chi connectivity index (χ3n) is 2.96. The van der Waals surface area contributed by atoms with Gasteiger partial charge in [0.25, 0.3) is 11.6 Å². The van der Waals surface area contributed by atoms with Crippen LogP contribution in [0.4, 0.5) is 10.8 Å². The molecule has 1 aromatic heterocycles. The van der Waals surface area contributed by atoms with E-state index in [0.29, 0.717) is 10.7 Å². The lowest BCUT2D eigenvalue weighted by atomic mass is 9.98. The number of hydrogen-bond donors (Lipinski definition) is 1. The summed E-state index contributed by atoms with van der Waals surface area (Å²) in [5.41, 5.74) is 0.487. The van der Waals surface area contributed by atoms with E-state index < -0.39 is 10.8 Å². The van der Waals surface area contributed by atoms with Crippen molar-refractivity contribution in [1.82, 2.24) is 10.2 Å². The number of amides is 1. The number of nitro benzene ring substituents is 1. The van der Waals surface area contributed by atoms with Gasteiger partial charge in [-0.2, -0.15) is 0 Å². The molecule has 0 aliphatic rings. The average Bonchev–Trinajstić information content (AvgIpc) is 2.87. The van der Waals surface area contributed by atoms with E-state index in [1.807, 2.05) is 20.8 Å². The number of hydrogen-bond acceptors (Lipinski definition) is 6. The lowest BCUT2D eigenvalue weighted by Crippen LogP contribution is -2.12. The first-order chi connectivity index (χ1) is 10.2. The van der Waals surface area contributed by atoms with Gasteiger partial charge >= 0.3 is 0 Å². The number of nitro groups is 1. The highest BCUT2D eigenvalue weighted by molar-refractivity contribution is 7.15. The van der Waals surface area contributed by atoms with Crippen molar-refractivity contribution in [3.8, 4) is 0 Å². The second kappa shape index (κ2) is 5.80. The molecule has 1 heterocycles. The van der Waals surface area contributed by atoms with Gasteiger partial charge in [-0.05, 0) is 13.0 Å². The van der Waals surface area contributed by atoms with Crippen LogP contribution in [0.1, 0.15) is 41.7 Å². The fraction of sp³-hybridized carbons (Fsp3) is 0.357. The topological polar surface area (TPSA) is 98.0 Å². The Morgan fingerprint density at radius 3 is 2.55 bits per heavy atom. The highest BCUT2D eigenvalue weighted by atomic mass is 32.1. The van der Waals surface area contributed by atoms with Crippen molar-refractivity contribution < 1.29 is 9.72 Å². The molecule has 1 amide bonds. The van der Waals surface area contributed by atoms with Gasteiger partial charge < -0.3 is 0 Å². The first-order valence-electron chi connectivity index (χ1n) is 6.59. The standard InChI is InChI=1S/C14H16N4O3S/c1-8-5-6-9(7-10(8)18(20)21)11(19)15-13-17-16-12(22-13)14(2,3)4/h5-7H,1-4H3,(H,15,17,19). The van der Waals surface area contributed by atoms with Gasteiger partial charge in [-0.15, -0.1) is 10.2 Å². The van der Waals surface area contributed by atoms with Crippen LogP contribution in [0, 0.1) is 17.0 Å². The van der Waals surface area contributed by atoms with Crippen LogP contribution in [0.25, 0.3) is 0 Å². The van der Waals surface area contributed by atoms with Gasteiger partial charge in [0.1, 0.15) is 5.01 Å². The van der Waals surface area contributed by atoms with Gasteiger partial charge in [0.15, 0.2) is 0 Å². The molecule has 0 saturated carbocycles. The summed E-state index contributed by atoms with van der Waals surface area (Å²) in [5, 5.41) is 22.7. The van der Waals surface area contributed by atoms with E-state index in [1.54, 1.807) is 19.1 Å². The normalized spacial score (nSPS) is 11.3. The molecular formula is C14H16N4O3S. The minimum absolute atomic E-state index is 0.0831. The van der Waals surface area contributed by atoms with E-state index in [1.165, 1.54) is 17.4 Å². The molecule has 1 N–H and O–H groups in total. The number of anilines is 1. The minimum atomic E-state index is -0.505. The van der Waals surface area contributed by atoms with Gasteiger partial charge in [-0.25, -0.2) is 0 Å². The molecule has 0 bridgehead atoms. The van der Waals surface area contributed by atoms with E-state index in [-0.39, 0.29) is 16.7 Å². The Bertz CT molecular complexity index is 734. The Labute approximate surface area is 131 Å². The van der Waals surface area contributed by atoms with Crippen LogP contribution in [-0.2, 0) is 5.41 Å². The third kappa shape index (κ3) is 3.45. The van der Waals surface area contributed by atoms with Crippen LogP contribution in [-0.4, -0.2) is 21.0 Å². The Kier molecular flexibility index (Phi) is 4.23. The van der Waals surface area contributed by atoms with Crippen molar-refractivity contribution in [2.24, 2.45) is 0 Å². The number of aryl methyl sites for hydroxylation is 1. The zero-order chi connectivity index (χ0) is 16.5. The lowest BCUT2D eigenvalue weighted by molar-refractivity contribution is -0.385. The molecule has 0 aliphatic carbocycles. The number of rotatable bonds is 3. The quantitative estimate of drug-likeness (QED) is 0.691. The van der Waals surface area contributed by atoms with Crippen molar-refractivity contribution in [3.05, 3.63) is 44.4 Å². The third-order valence-corrected chi connectivity index (χ3v) is 4.22. The van der Waals surface area contributed by atoms with Crippen LogP contribution in [0.3, 0.4) is 0 Å². The lowest BCUT2D eigenvalue weighted by Gasteiger charge is -2.12. The number of aromatic nitrogens is 2. The fourth-order valence-electron chi connectivity index (χ4n) is 1.69. The smallest absolute Gasteiger partial charge is 0.273 e. The van der Waals surface area contributed by atoms with E-state index in [0.717, 1.165) is 5.01 Å². The van der Waals surface area contributed by atoms with Gasteiger partial charge in [0, 0.05) is 22.6 Å². The number of carbonyl (C=O) groups excluding carboxylic acids is 1. The van der Waals surface area contributed by atoms with E-state index in [9.17, 15) is 14.9 Å². The van der Waals surface area contributed by atoms with Crippen molar-refractivity contribution in [1.29, 1.82) is 0 Å². The summed E-state index contributed by atoms with van der Waals surface area (Å²) in [6.07, 6.45) is 0. The van der Waals surface area contributed by atoms with Crippen LogP contribution in [0.15, 0.2) is 18.2 Å². The number of carbonyl (C=O) groups is 1. The van der Waals surface area contributed by atoms with Gasteiger partial charge in [0.05, 0.1) is 4.92 Å². The first kappa shape index (κ1) is 16.0. The second-order valence-corrected chi connectivity index (χ2v) is 6.85. The van der Waals surface area contributed by atoms with Crippen LogP contribution < -0.4 is 5.32 Å². The van der Waals surface area contributed by atoms with E-state index in [4.69, 9.17) is 0 Å². The highest BCUT2D eigenvalue weighted by Crippen LogP contribution is 2.28. The zero-order valence-corrected chi connectivity index (χ0v) is 13.5. The molecule has 116 valence electrons. The second-order valence-electron chi connectivity index (χ2n) is 5.87. The summed E-state index contributed by atoms with van der Waals surface area (Å²) in [6, 6.07) is 4.35. The van der Waals surface area contributed by atoms with Crippen LogP contribution in [0.5, 0.6) is 0 Å². The molecule has 0 saturated heterocycles. The van der Waals surface area contributed by atoms with E-state index >= 15 is 0 Å². The molecule has 0 spiro atoms. The van der Waals surface area contributed by atoms with Crippen molar-refractivity contribution in [2.75, 3.05) is 5.32 Å². The molecule has 2 rings (SSSR count). The summed E-state index contributed by atoms with van der Waals surface area (Å²) in [7, 11) is 0. The predicted octanol–water partition coefficient (Wildman–Crippen LogP) is 3.30. The van der Waals surface area contributed by atoms with E-state index in [2.05, 4.69) is 15.5 Å². The fourth-order valence-corrected chi connectivity index (χ4v) is 2.49. The maximum Gasteiger partial charge on any atom is 0.273 e. The summed E-state index contributed by atoms with van der Waals surface area (Å²) < 4.78 is 0. The predicted molar refractivity (Wildman–Crippen MR) is 84.4 cm³/mol. The van der Waals surface area contributed by atoms with Crippen molar-refractivity contribution >= 4 is 28.1 Å². The molecule has 0 atom stereocenters. The SMILES string of the molecule is Cc1ccc(C(=O)Nc2nnc(C(C)(C)C)s2)cc1[N+](=O)[O-]. The zero-order valence-electron chi connectivity index (χ0n) is 12.7. The summed E-state index contributed by atoms with van der Waals surface area (Å²) in [4.78, 5) is 22.6. The Hall–Kier alpha value is -2.35. The minimum Gasteiger partial charge on any atom is -0.296 e. The molecule has 0 radical (unpaired) electrons. The molecule has 2 aromatic rings. The maximum absolute atomic E-state index is 12.2. The molecule has 22 heavy (non-hydrogen) atoms. The Balaban J connectivity index is 2.21. The Morgan fingerprint density at radius 2 is 2.00 bits per heavy atom. The van der Waals surface area contributed by atoms with Gasteiger partial charge in [-0.1, -0.05) is 38.2 Å². The number of nitrogens with zero attached hydrogens (tertiary/aromatic N) is 3. The Morgan fingerprint density at radius 1 is 1.32 bits per heavy atom. The van der Waals surface area contributed by atoms with Crippen LogP contribution in [0.2, 0.25) is 0 Å². The molecule has 0 fully saturated rings. The molecular weight excluding hydrogens is 304 g/mol. The molecule has 0 aliphatic heterocycles. The summed E-state index contributed by atoms with van der Waals surface area (Å²) in [5.74, 6) is -0.445. The average molecular weight is 320 g/mol. The summed E-state index contributed by atoms with van der Waals surface area (Å²) >= 11 is 1.29. The van der Waals surface area contributed by atoms with Crippen molar-refractivity contribution in [3.63, 3.8) is 0 Å². The van der Waals surface area contributed by atoms with Crippen LogP contribution >= 0.6 is 11.3 Å². The molecule has 1 aromatic carbocycles. The number of nitrogens with one attached hydrogen (secondary N) is 1. The monoisotopic (exact) mass is 320 g/mol. The first-order valence-corrected chi connectivity index (χ1v) is 7.40.